The Labute approximate surface area is 131 Å². The van der Waals surface area contributed by atoms with Gasteiger partial charge in [0, 0.05) is 18.7 Å². The lowest BCUT2D eigenvalue weighted by Crippen LogP contribution is -2.40. The summed E-state index contributed by atoms with van der Waals surface area (Å²) in [5.74, 6) is 0.573. The number of carbonyl (C=O) groups is 1. The van der Waals surface area contributed by atoms with Crippen molar-refractivity contribution in [2.24, 2.45) is 4.99 Å². The number of para-hydroxylation sites is 1. The summed E-state index contributed by atoms with van der Waals surface area (Å²) in [6, 6.07) is 19.1. The summed E-state index contributed by atoms with van der Waals surface area (Å²) in [6.07, 6.45) is 3.47. The third kappa shape index (κ3) is 3.42. The van der Waals surface area contributed by atoms with E-state index in [1.165, 1.54) is 6.42 Å². The van der Waals surface area contributed by atoms with Crippen LogP contribution in [-0.4, -0.2) is 29.6 Å². The van der Waals surface area contributed by atoms with Crippen LogP contribution in [0.1, 0.15) is 29.6 Å². The van der Waals surface area contributed by atoms with E-state index in [1.807, 2.05) is 60.7 Å². The van der Waals surface area contributed by atoms with Crippen LogP contribution < -0.4 is 0 Å². The number of hydrogen-bond acceptors (Lipinski definition) is 2. The van der Waals surface area contributed by atoms with E-state index >= 15 is 0 Å². The van der Waals surface area contributed by atoms with E-state index in [2.05, 4.69) is 9.89 Å². The minimum Gasteiger partial charge on any atom is -0.353 e. The number of carbonyl (C=O) groups excluding carboxylic acids is 1. The number of hydrogen-bond donors (Lipinski definition) is 0. The summed E-state index contributed by atoms with van der Waals surface area (Å²) < 4.78 is 0. The van der Waals surface area contributed by atoms with Gasteiger partial charge >= 0.3 is 0 Å². The third-order valence-electron chi connectivity index (χ3n) is 3.89. The van der Waals surface area contributed by atoms with Crippen molar-refractivity contribution in [2.45, 2.75) is 19.3 Å². The van der Waals surface area contributed by atoms with Gasteiger partial charge in [-0.3, -0.25) is 4.79 Å². The van der Waals surface area contributed by atoms with Crippen LogP contribution in [0.25, 0.3) is 0 Å². The van der Waals surface area contributed by atoms with Gasteiger partial charge in [-0.15, -0.1) is 0 Å². The molecule has 0 saturated carbocycles. The second-order valence-corrected chi connectivity index (χ2v) is 5.51. The predicted octanol–water partition coefficient (Wildman–Crippen LogP) is 4.09. The van der Waals surface area contributed by atoms with E-state index in [0.717, 1.165) is 31.6 Å². The first kappa shape index (κ1) is 14.5. The zero-order valence-corrected chi connectivity index (χ0v) is 12.6. The molecule has 1 aliphatic heterocycles. The first-order valence-corrected chi connectivity index (χ1v) is 7.83. The monoisotopic (exact) mass is 292 g/mol. The second-order valence-electron chi connectivity index (χ2n) is 5.51. The van der Waals surface area contributed by atoms with Crippen LogP contribution in [0.2, 0.25) is 0 Å². The number of Topliss-reactive ketones (excluding diaryl/α,β-unsaturated/α-hetero) is 1. The molecule has 0 radical (unpaired) electrons. The lowest BCUT2D eigenvalue weighted by Gasteiger charge is -2.29. The minimum absolute atomic E-state index is 0.00588. The average molecular weight is 292 g/mol. The number of likely N-dealkylation sites (tertiary alicyclic amines) is 1. The topological polar surface area (TPSA) is 32.7 Å². The van der Waals surface area contributed by atoms with Crippen molar-refractivity contribution < 1.29 is 4.79 Å². The Morgan fingerprint density at radius 2 is 1.41 bits per heavy atom. The maximum Gasteiger partial charge on any atom is 0.228 e. The van der Waals surface area contributed by atoms with Crippen LogP contribution >= 0.6 is 0 Å². The summed E-state index contributed by atoms with van der Waals surface area (Å²) in [4.78, 5) is 19.7. The van der Waals surface area contributed by atoms with Crippen molar-refractivity contribution in [3.05, 3.63) is 66.2 Å². The standard InChI is InChI=1S/C19H20N2O/c22-18(16-10-4-1-5-11-16)19(21-14-8-3-9-15-21)20-17-12-6-2-7-13-17/h1-2,4-7,10-13H,3,8-9,14-15H2. The molecule has 2 aromatic rings. The molecule has 3 rings (SSSR count). The molecular weight excluding hydrogens is 272 g/mol. The molecule has 112 valence electrons. The number of aliphatic imine (C=N–C) groups is 1. The molecule has 3 heteroatoms. The number of nitrogens with zero attached hydrogens (tertiary/aromatic N) is 2. The molecule has 0 bridgehead atoms. The SMILES string of the molecule is O=C(C(=Nc1ccccc1)N1CCCCC1)c1ccccc1. The smallest absolute Gasteiger partial charge is 0.228 e. The summed E-state index contributed by atoms with van der Waals surface area (Å²) in [7, 11) is 0. The quantitative estimate of drug-likeness (QED) is 0.485. The third-order valence-corrected chi connectivity index (χ3v) is 3.89. The Bertz CT molecular complexity index is 644. The molecule has 1 aliphatic rings. The molecule has 0 unspecified atom stereocenters. The molecule has 0 spiro atoms. The molecule has 0 aliphatic carbocycles. The molecule has 3 nitrogen and oxygen atoms in total. The molecule has 2 aromatic carbocycles. The molecule has 1 saturated heterocycles. The maximum absolute atomic E-state index is 12.9. The van der Waals surface area contributed by atoms with E-state index in [9.17, 15) is 4.79 Å². The zero-order valence-electron chi connectivity index (χ0n) is 12.6. The highest BCUT2D eigenvalue weighted by molar-refractivity contribution is 6.45. The van der Waals surface area contributed by atoms with Crippen molar-refractivity contribution >= 4 is 17.3 Å². The van der Waals surface area contributed by atoms with Gasteiger partial charge in [-0.1, -0.05) is 48.5 Å². The summed E-state index contributed by atoms with van der Waals surface area (Å²) >= 11 is 0. The van der Waals surface area contributed by atoms with Gasteiger partial charge in [-0.2, -0.15) is 0 Å². The van der Waals surface area contributed by atoms with Gasteiger partial charge in [0.15, 0.2) is 5.84 Å². The van der Waals surface area contributed by atoms with Crippen molar-refractivity contribution in [3.8, 4) is 0 Å². The van der Waals surface area contributed by atoms with Crippen LogP contribution in [-0.2, 0) is 0 Å². The Balaban J connectivity index is 1.95. The molecule has 0 aromatic heterocycles. The van der Waals surface area contributed by atoms with Crippen molar-refractivity contribution in [1.29, 1.82) is 0 Å². The van der Waals surface area contributed by atoms with Gasteiger partial charge < -0.3 is 4.90 Å². The van der Waals surface area contributed by atoms with Crippen LogP contribution in [0, 0.1) is 0 Å². The number of rotatable bonds is 3. The summed E-state index contributed by atoms with van der Waals surface area (Å²) in [5.41, 5.74) is 1.52. The highest BCUT2D eigenvalue weighted by atomic mass is 16.1. The molecule has 22 heavy (non-hydrogen) atoms. The Hall–Kier alpha value is -2.42. The molecule has 0 atom stereocenters. The van der Waals surface area contributed by atoms with Gasteiger partial charge in [0.05, 0.1) is 5.69 Å². The largest absolute Gasteiger partial charge is 0.353 e. The van der Waals surface area contributed by atoms with Crippen LogP contribution in [0.15, 0.2) is 65.7 Å². The normalized spacial score (nSPS) is 15.6. The first-order chi connectivity index (χ1) is 10.8. The molecule has 0 amide bonds. The van der Waals surface area contributed by atoms with E-state index in [4.69, 9.17) is 0 Å². The van der Waals surface area contributed by atoms with Gasteiger partial charge in [-0.25, -0.2) is 4.99 Å². The van der Waals surface area contributed by atoms with E-state index < -0.39 is 0 Å². The van der Waals surface area contributed by atoms with Gasteiger partial charge in [0.2, 0.25) is 5.78 Å². The minimum atomic E-state index is 0.00588. The fraction of sp³-hybridized carbons (Fsp3) is 0.263. The first-order valence-electron chi connectivity index (χ1n) is 7.83. The number of ketones is 1. The fourth-order valence-corrected chi connectivity index (χ4v) is 2.71. The summed E-state index contributed by atoms with van der Waals surface area (Å²) in [6.45, 7) is 1.81. The molecule has 1 fully saturated rings. The number of piperidine rings is 1. The Kier molecular flexibility index (Phi) is 4.64. The van der Waals surface area contributed by atoms with Crippen LogP contribution in [0.3, 0.4) is 0 Å². The van der Waals surface area contributed by atoms with E-state index in [-0.39, 0.29) is 5.78 Å². The Morgan fingerprint density at radius 1 is 0.818 bits per heavy atom. The average Bonchev–Trinajstić information content (AvgIpc) is 2.61. The van der Waals surface area contributed by atoms with E-state index in [1.54, 1.807) is 0 Å². The van der Waals surface area contributed by atoms with Gasteiger partial charge in [-0.05, 0) is 31.4 Å². The van der Waals surface area contributed by atoms with Crippen LogP contribution in [0.4, 0.5) is 5.69 Å². The molecule has 1 heterocycles. The van der Waals surface area contributed by atoms with Crippen molar-refractivity contribution in [2.75, 3.05) is 13.1 Å². The highest BCUT2D eigenvalue weighted by Crippen LogP contribution is 2.17. The van der Waals surface area contributed by atoms with Crippen molar-refractivity contribution in [3.63, 3.8) is 0 Å². The zero-order chi connectivity index (χ0) is 15.2. The van der Waals surface area contributed by atoms with Crippen LogP contribution in [0.5, 0.6) is 0 Å². The molecule has 0 N–H and O–H groups in total. The van der Waals surface area contributed by atoms with E-state index in [0.29, 0.717) is 11.4 Å². The van der Waals surface area contributed by atoms with Crippen molar-refractivity contribution in [1.82, 2.24) is 4.90 Å². The number of benzene rings is 2. The maximum atomic E-state index is 12.9. The predicted molar refractivity (Wildman–Crippen MR) is 89.7 cm³/mol. The second kappa shape index (κ2) is 7.03. The van der Waals surface area contributed by atoms with Gasteiger partial charge in [0.1, 0.15) is 0 Å². The Morgan fingerprint density at radius 3 is 2.05 bits per heavy atom. The van der Waals surface area contributed by atoms with Gasteiger partial charge in [0.25, 0.3) is 0 Å². The lowest BCUT2D eigenvalue weighted by atomic mass is 10.1. The highest BCUT2D eigenvalue weighted by Gasteiger charge is 2.22. The number of amidine groups is 1. The summed E-state index contributed by atoms with van der Waals surface area (Å²) in [5, 5.41) is 0. The lowest BCUT2D eigenvalue weighted by molar-refractivity contribution is 0.104. The fourth-order valence-electron chi connectivity index (χ4n) is 2.71. The molecular formula is C19H20N2O.